The first-order valence-corrected chi connectivity index (χ1v) is 37.3. The number of anilines is 1. The minimum atomic E-state index is -2.22. The van der Waals surface area contributed by atoms with E-state index in [1.54, 1.807) is 88.8 Å². The molecule has 0 saturated carbocycles. The molecular weight excluding hydrogens is 1250 g/mol. The van der Waals surface area contributed by atoms with E-state index in [0.29, 0.717) is 58.1 Å². The summed E-state index contributed by atoms with van der Waals surface area (Å²) in [4.78, 5) is 56.7. The molecule has 10 nitrogen and oxygen atoms in total. The number of hydrogen-bond donors (Lipinski definition) is 4. The van der Waals surface area contributed by atoms with Crippen molar-refractivity contribution in [1.29, 1.82) is 0 Å². The van der Waals surface area contributed by atoms with Crippen LogP contribution in [-0.4, -0.2) is 52.2 Å². The molecule has 0 bridgehead atoms. The van der Waals surface area contributed by atoms with Crippen LogP contribution in [0.2, 0.25) is 30.1 Å². The summed E-state index contributed by atoms with van der Waals surface area (Å²) >= 11 is 38.3. The van der Waals surface area contributed by atoms with E-state index in [4.69, 9.17) is 113 Å². The van der Waals surface area contributed by atoms with E-state index < -0.39 is 29.7 Å². The molecule has 4 heterocycles. The number of hydrogen-bond acceptors (Lipinski definition) is 10. The second-order valence-electron chi connectivity index (χ2n) is 14.2. The van der Waals surface area contributed by atoms with Gasteiger partial charge in [-0.2, -0.15) is 0 Å². The van der Waals surface area contributed by atoms with Gasteiger partial charge >= 0.3 is 43.6 Å². The fraction of sp³-hybridized carbons (Fsp3) is 0. The third-order valence-electron chi connectivity index (χ3n) is 9.64. The van der Waals surface area contributed by atoms with Crippen molar-refractivity contribution in [3.63, 3.8) is 0 Å². The summed E-state index contributed by atoms with van der Waals surface area (Å²) in [5.74, 6) is -0.628. The Hall–Kier alpha value is -4.10. The van der Waals surface area contributed by atoms with Gasteiger partial charge in [0.05, 0.1) is 48.5 Å². The van der Waals surface area contributed by atoms with Crippen molar-refractivity contribution in [3.8, 4) is 11.4 Å². The van der Waals surface area contributed by atoms with Gasteiger partial charge in [-0.3, -0.25) is 24.2 Å². The summed E-state index contributed by atoms with van der Waals surface area (Å²) in [6, 6.07) is 31.8. The Morgan fingerprint density at radius 1 is 0.606 bits per heavy atom. The predicted octanol–water partition coefficient (Wildman–Crippen LogP) is 16.2. The van der Waals surface area contributed by atoms with Gasteiger partial charge < -0.3 is 22.2 Å². The average Bonchev–Trinajstić information content (AvgIpc) is 4.06. The van der Waals surface area contributed by atoms with Gasteiger partial charge in [-0.05, 0) is 91.0 Å². The van der Waals surface area contributed by atoms with E-state index >= 15 is 0 Å². The molecule has 0 aliphatic rings. The second-order valence-corrected chi connectivity index (χ2v) is 34.1. The zero-order valence-electron chi connectivity index (χ0n) is 35.7. The topological polar surface area (TPSA) is 187 Å². The number of amides is 2. The van der Waals surface area contributed by atoms with Gasteiger partial charge in [0.15, 0.2) is 6.29 Å². The number of H-pyrrole nitrogens is 1. The maximum absolute atomic E-state index is 12.3. The number of aromatic amines is 1. The summed E-state index contributed by atoms with van der Waals surface area (Å²) in [6.45, 7) is 0. The van der Waals surface area contributed by atoms with Crippen LogP contribution in [0.25, 0.3) is 52.5 Å². The molecule has 360 valence electrons. The van der Waals surface area contributed by atoms with Gasteiger partial charge in [0, 0.05) is 84.4 Å². The number of aldehydes is 1. The fourth-order valence-electron chi connectivity index (χ4n) is 6.40. The first-order valence-electron chi connectivity index (χ1n) is 19.9. The third-order valence-corrected chi connectivity index (χ3v) is 14.2. The first-order chi connectivity index (χ1) is 33.9. The molecule has 0 aliphatic heterocycles. The number of aliphatic imine (C=N–C) groups is 1. The van der Waals surface area contributed by atoms with Crippen molar-refractivity contribution in [2.45, 2.75) is 0 Å². The van der Waals surface area contributed by atoms with Crippen molar-refractivity contribution in [2.75, 3.05) is 5.73 Å². The second kappa shape index (κ2) is 26.2. The third kappa shape index (κ3) is 14.8. The number of aromatic nitrogens is 2. The molecule has 4 aromatic heterocycles. The number of rotatable bonds is 6. The van der Waals surface area contributed by atoms with E-state index in [2.05, 4.69) is 15.0 Å². The molecule has 0 atom stereocenters. The number of carbonyl (C=O) groups excluding carboxylic acids is 3. The molecule has 6 aromatic carbocycles. The number of halogens is 9. The van der Waals surface area contributed by atoms with Crippen molar-refractivity contribution in [3.05, 3.63) is 188 Å². The molecule has 0 radical (unpaired) electrons. The monoisotopic (exact) mass is 1280 g/mol. The number of nitrogens with one attached hydrogen (secondary N) is 1. The van der Waals surface area contributed by atoms with Crippen LogP contribution < -0.4 is 22.8 Å². The number of primary amides is 2. The summed E-state index contributed by atoms with van der Waals surface area (Å²) < 4.78 is 3.29. The number of thiophene rings is 3. The standard InChI is InChI=1S/C16H8Cl2N2OS.C16H10Cl2N2OS.C9H5ClOS.C7H7ClN2O.3ClH.In/c17-8-4-5-13-10(6-8)11(7-22-13)15-19-14-9(16(21)20-15)2-1-3-12(14)18;17-10-4-5-14-12(6-10)9(8-22-14)7-20-15-11(16(19)21)2-1-3-13(15)18;10-7-1-2-9-8(3-7)6(4-11)5-12-9;8-5-3-1-2-4(6(5)9)7(10)11;;;;/h1-7H,(H,19,20,21);1-8H,(H2,19,21);1-5H;1-3H,9H2,(H2,10,11);3*1H;/q;;;;;;;+3/p-3. The Kier molecular flexibility index (Phi) is 20.8. The van der Waals surface area contributed by atoms with Gasteiger partial charge in [-0.1, -0.05) is 87.8 Å². The molecule has 0 spiro atoms. The summed E-state index contributed by atoms with van der Waals surface area (Å²) in [6.07, 6.45) is 2.53. The van der Waals surface area contributed by atoms with Gasteiger partial charge in [0.25, 0.3) is 17.4 Å². The van der Waals surface area contributed by atoms with E-state index in [1.807, 2.05) is 70.7 Å². The van der Waals surface area contributed by atoms with Crippen molar-refractivity contribution in [1.82, 2.24) is 9.97 Å². The van der Waals surface area contributed by atoms with Crippen LogP contribution in [-0.2, 0) is 0 Å². The molecule has 10 rings (SSSR count). The van der Waals surface area contributed by atoms with Gasteiger partial charge in [-0.25, -0.2) is 4.98 Å². The molecule has 0 unspecified atom stereocenters. The molecule has 0 fully saturated rings. The van der Waals surface area contributed by atoms with Crippen molar-refractivity contribution >= 4 is 224 Å². The molecule has 23 heteroatoms. The van der Waals surface area contributed by atoms with Crippen LogP contribution in [0.3, 0.4) is 0 Å². The number of carbonyl (C=O) groups is 3. The van der Waals surface area contributed by atoms with E-state index in [0.717, 1.165) is 53.2 Å². The molecule has 7 N–H and O–H groups in total. The van der Waals surface area contributed by atoms with E-state index in [9.17, 15) is 19.2 Å². The molecule has 10 aromatic rings. The molecular formula is C48H30Cl9InN6O4S3. The zero-order valence-corrected chi connectivity index (χ0v) is 48.3. The Morgan fingerprint density at radius 2 is 1.08 bits per heavy atom. The Morgan fingerprint density at radius 3 is 1.65 bits per heavy atom. The summed E-state index contributed by atoms with van der Waals surface area (Å²) in [7, 11) is 15.0. The fourth-order valence-corrected chi connectivity index (χ4v) is 10.2. The maximum atomic E-state index is 12.3. The van der Waals surface area contributed by atoms with Crippen molar-refractivity contribution < 1.29 is 14.4 Å². The average molecular weight is 1280 g/mol. The van der Waals surface area contributed by atoms with E-state index in [1.165, 1.54) is 6.07 Å². The van der Waals surface area contributed by atoms with Gasteiger partial charge in [0.1, 0.15) is 5.82 Å². The molecule has 2 amide bonds. The summed E-state index contributed by atoms with van der Waals surface area (Å²) in [5, 5.41) is 12.3. The molecule has 0 aliphatic carbocycles. The zero-order chi connectivity index (χ0) is 51.5. The van der Waals surface area contributed by atoms with Gasteiger partial charge in [0.2, 0.25) is 0 Å². The normalized spacial score (nSPS) is 10.7. The number of nitrogens with zero attached hydrogens (tertiary/aromatic N) is 2. The number of nitrogen functional groups attached to an aromatic ring is 1. The predicted molar refractivity (Wildman–Crippen MR) is 307 cm³/mol. The van der Waals surface area contributed by atoms with Crippen LogP contribution in [0.15, 0.2) is 135 Å². The van der Waals surface area contributed by atoms with Crippen LogP contribution in [0.5, 0.6) is 0 Å². The Balaban J connectivity index is 0.000000157. The van der Waals surface area contributed by atoms with E-state index in [-0.39, 0.29) is 16.8 Å². The van der Waals surface area contributed by atoms with Gasteiger partial charge in [-0.15, -0.1) is 34.0 Å². The van der Waals surface area contributed by atoms with Crippen LogP contribution in [0.1, 0.15) is 36.6 Å². The molecule has 71 heavy (non-hydrogen) atoms. The van der Waals surface area contributed by atoms with Crippen molar-refractivity contribution in [2.24, 2.45) is 16.5 Å². The number of nitrogens with two attached hydrogens (primary N) is 3. The molecule has 0 saturated heterocycles. The van der Waals surface area contributed by atoms with Crippen LogP contribution in [0.4, 0.5) is 11.4 Å². The number of benzene rings is 6. The number of fused-ring (bicyclic) bond motifs is 4. The Bertz CT molecular complexity index is 3680. The first kappa shape index (κ1) is 56.2. The Labute approximate surface area is 465 Å². The minimum absolute atomic E-state index is 0.205. The number of para-hydroxylation sites is 3. The quantitative estimate of drug-likeness (QED) is 0.0728. The SMILES string of the molecule is NC(=O)c1cccc(Cl)c1N.NC(=O)c1cccc(Cl)c1N=Cc1csc2ccc(Cl)cc12.O=Cc1csc2ccc(Cl)cc12.O=c1[nH]c(-c2csc3ccc(Cl)cc23)nc2c(Cl)cccc12.[Cl][In]([Cl])[Cl]. The van der Waals surface area contributed by atoms with Crippen LogP contribution in [0, 0.1) is 0 Å². The van der Waals surface area contributed by atoms with Crippen LogP contribution >= 0.6 is 129 Å². The summed E-state index contributed by atoms with van der Waals surface area (Å²) in [5.41, 5.74) is 19.8.